The largest absolute Gasteiger partial charge is 0.462 e. The molecule has 0 fully saturated rings. The van der Waals surface area contributed by atoms with E-state index in [0.717, 1.165) is 0 Å². The molecule has 0 rings (SSSR count). The molecule has 0 aromatic heterocycles. The Kier molecular flexibility index (Phi) is 14.0. The van der Waals surface area contributed by atoms with Crippen molar-refractivity contribution in [3.8, 4) is 0 Å². The second-order valence-corrected chi connectivity index (χ2v) is 6.45. The van der Waals surface area contributed by atoms with Crippen molar-refractivity contribution < 1.29 is 28.7 Å². The molecule has 0 spiro atoms. The third-order valence-electron chi connectivity index (χ3n) is 3.51. The fraction of sp³-hybridized carbons (Fsp3) is 0.600. The van der Waals surface area contributed by atoms with Crippen molar-refractivity contribution in [1.29, 1.82) is 0 Å². The monoisotopic (exact) mass is 396 g/mol. The first-order chi connectivity index (χ1) is 13.2. The minimum atomic E-state index is -0.433. The minimum absolute atomic E-state index is 0.0917. The predicted molar refractivity (Wildman–Crippen MR) is 105 cm³/mol. The third kappa shape index (κ3) is 14.5. The summed E-state index contributed by atoms with van der Waals surface area (Å²) in [5, 5.41) is 5.48. The van der Waals surface area contributed by atoms with Gasteiger partial charge in [-0.3, -0.25) is 9.59 Å². The highest BCUT2D eigenvalue weighted by molar-refractivity contribution is 5.87. The lowest BCUT2D eigenvalue weighted by atomic mass is 10.2. The van der Waals surface area contributed by atoms with Gasteiger partial charge in [-0.25, -0.2) is 9.59 Å². The van der Waals surface area contributed by atoms with Gasteiger partial charge in [-0.2, -0.15) is 0 Å². The number of carbonyl (C=O) groups is 4. The van der Waals surface area contributed by atoms with Crippen LogP contribution in [-0.4, -0.2) is 50.1 Å². The van der Waals surface area contributed by atoms with Crippen LogP contribution >= 0.6 is 0 Å². The first kappa shape index (κ1) is 25.4. The molecule has 0 radical (unpaired) electrons. The Bertz CT molecular complexity index is 521. The van der Waals surface area contributed by atoms with Crippen LogP contribution < -0.4 is 10.6 Å². The van der Waals surface area contributed by atoms with Gasteiger partial charge in [0.05, 0.1) is 13.2 Å². The Morgan fingerprint density at radius 2 is 1.04 bits per heavy atom. The fourth-order valence-electron chi connectivity index (χ4n) is 1.92. The van der Waals surface area contributed by atoms with Crippen molar-refractivity contribution in [3.05, 3.63) is 24.3 Å². The molecule has 0 bridgehead atoms. The molecular formula is C20H32N2O6. The molecule has 0 atom stereocenters. The highest BCUT2D eigenvalue weighted by Crippen LogP contribution is 2.00. The number of unbranched alkanes of at least 4 members (excludes halogenated alkanes) is 1. The van der Waals surface area contributed by atoms with Crippen LogP contribution in [0.3, 0.4) is 0 Å². The summed E-state index contributed by atoms with van der Waals surface area (Å²) in [6.07, 6.45) is 2.98. The maximum absolute atomic E-state index is 11.7. The molecule has 0 aliphatic carbocycles. The highest BCUT2D eigenvalue weighted by Gasteiger charge is 2.06. The van der Waals surface area contributed by atoms with Gasteiger partial charge in [0.15, 0.2) is 0 Å². The summed E-state index contributed by atoms with van der Waals surface area (Å²) in [5.74, 6) is -1.05. The van der Waals surface area contributed by atoms with E-state index < -0.39 is 11.9 Å². The van der Waals surface area contributed by atoms with Gasteiger partial charge in [-0.1, -0.05) is 13.2 Å². The quantitative estimate of drug-likeness (QED) is 0.248. The molecule has 8 nitrogen and oxygen atoms in total. The van der Waals surface area contributed by atoms with Crippen LogP contribution in [0.4, 0.5) is 0 Å². The van der Waals surface area contributed by atoms with Gasteiger partial charge in [0, 0.05) is 37.1 Å². The molecule has 0 aliphatic rings. The van der Waals surface area contributed by atoms with Gasteiger partial charge in [0.1, 0.15) is 0 Å². The summed E-state index contributed by atoms with van der Waals surface area (Å²) < 4.78 is 9.83. The van der Waals surface area contributed by atoms with Crippen molar-refractivity contribution in [1.82, 2.24) is 10.6 Å². The number of nitrogens with one attached hydrogen (secondary N) is 2. The molecule has 158 valence electrons. The number of hydrogen-bond acceptors (Lipinski definition) is 6. The smallest absolute Gasteiger partial charge is 0.333 e. The third-order valence-corrected chi connectivity index (χ3v) is 3.51. The van der Waals surface area contributed by atoms with E-state index in [4.69, 9.17) is 9.47 Å². The summed E-state index contributed by atoms with van der Waals surface area (Å²) in [6.45, 7) is 11.4. The van der Waals surface area contributed by atoms with E-state index in [0.29, 0.717) is 62.8 Å². The Morgan fingerprint density at radius 1 is 0.679 bits per heavy atom. The van der Waals surface area contributed by atoms with Crippen LogP contribution in [0.1, 0.15) is 52.4 Å². The molecule has 0 aromatic carbocycles. The second-order valence-electron chi connectivity index (χ2n) is 6.45. The summed E-state index contributed by atoms with van der Waals surface area (Å²) in [4.78, 5) is 45.6. The average molecular weight is 396 g/mol. The van der Waals surface area contributed by atoms with Crippen LogP contribution in [0.5, 0.6) is 0 Å². The van der Waals surface area contributed by atoms with Crippen LogP contribution in [0, 0.1) is 0 Å². The van der Waals surface area contributed by atoms with Crippen molar-refractivity contribution in [2.24, 2.45) is 0 Å². The molecule has 0 saturated heterocycles. The molecule has 8 heteroatoms. The standard InChI is InChI=1S/C20H32N2O6/c1-15(2)19(25)27-13-7-11-21-17(23)9-5-6-10-18(24)22-12-8-14-28-20(26)16(3)4/h1,3,5-14H2,2,4H3,(H,21,23)(H,22,24). The molecule has 0 heterocycles. The van der Waals surface area contributed by atoms with Gasteiger partial charge in [0.25, 0.3) is 0 Å². The minimum Gasteiger partial charge on any atom is -0.462 e. The summed E-state index contributed by atoms with van der Waals surface area (Å²) >= 11 is 0. The van der Waals surface area contributed by atoms with Crippen LogP contribution in [0.2, 0.25) is 0 Å². The lowest BCUT2D eigenvalue weighted by Gasteiger charge is -2.07. The van der Waals surface area contributed by atoms with E-state index in [2.05, 4.69) is 23.8 Å². The summed E-state index contributed by atoms with van der Waals surface area (Å²) in [6, 6.07) is 0. The molecular weight excluding hydrogens is 364 g/mol. The van der Waals surface area contributed by atoms with Gasteiger partial charge in [-0.05, 0) is 39.5 Å². The molecule has 2 N–H and O–H groups in total. The van der Waals surface area contributed by atoms with Gasteiger partial charge in [0.2, 0.25) is 11.8 Å². The maximum atomic E-state index is 11.7. The number of rotatable bonds is 15. The van der Waals surface area contributed by atoms with Crippen molar-refractivity contribution in [3.63, 3.8) is 0 Å². The van der Waals surface area contributed by atoms with E-state index in [1.165, 1.54) is 0 Å². The van der Waals surface area contributed by atoms with E-state index in [1.807, 2.05) is 0 Å². The lowest BCUT2D eigenvalue weighted by molar-refractivity contribution is -0.139. The topological polar surface area (TPSA) is 111 Å². The van der Waals surface area contributed by atoms with Crippen molar-refractivity contribution >= 4 is 23.8 Å². The molecule has 0 saturated carbocycles. The van der Waals surface area contributed by atoms with Crippen LogP contribution in [-0.2, 0) is 28.7 Å². The Labute approximate surface area is 166 Å². The first-order valence-corrected chi connectivity index (χ1v) is 9.42. The van der Waals surface area contributed by atoms with E-state index in [9.17, 15) is 19.2 Å². The lowest BCUT2D eigenvalue weighted by Crippen LogP contribution is -2.26. The van der Waals surface area contributed by atoms with Gasteiger partial charge in [-0.15, -0.1) is 0 Å². The first-order valence-electron chi connectivity index (χ1n) is 9.42. The Balaban J connectivity index is 3.52. The van der Waals surface area contributed by atoms with Crippen molar-refractivity contribution in [2.75, 3.05) is 26.3 Å². The van der Waals surface area contributed by atoms with E-state index in [1.54, 1.807) is 13.8 Å². The highest BCUT2D eigenvalue weighted by atomic mass is 16.5. The Hall–Kier alpha value is -2.64. The van der Waals surface area contributed by atoms with Crippen LogP contribution in [0.25, 0.3) is 0 Å². The zero-order chi connectivity index (χ0) is 21.4. The van der Waals surface area contributed by atoms with E-state index in [-0.39, 0.29) is 25.0 Å². The molecule has 0 aromatic rings. The number of amides is 2. The molecule has 2 amide bonds. The number of ether oxygens (including phenoxy) is 2. The Morgan fingerprint density at radius 3 is 1.36 bits per heavy atom. The zero-order valence-corrected chi connectivity index (χ0v) is 16.9. The molecule has 28 heavy (non-hydrogen) atoms. The normalized spacial score (nSPS) is 9.93. The fourth-order valence-corrected chi connectivity index (χ4v) is 1.92. The van der Waals surface area contributed by atoms with E-state index >= 15 is 0 Å². The van der Waals surface area contributed by atoms with Gasteiger partial charge >= 0.3 is 11.9 Å². The number of esters is 2. The molecule has 0 unspecified atom stereocenters. The van der Waals surface area contributed by atoms with Crippen LogP contribution in [0.15, 0.2) is 24.3 Å². The predicted octanol–water partition coefficient (Wildman–Crippen LogP) is 1.80. The average Bonchev–Trinajstić information content (AvgIpc) is 2.64. The van der Waals surface area contributed by atoms with Crippen molar-refractivity contribution in [2.45, 2.75) is 52.4 Å². The number of carbonyl (C=O) groups excluding carboxylic acids is 4. The van der Waals surface area contributed by atoms with Gasteiger partial charge < -0.3 is 20.1 Å². The second kappa shape index (κ2) is 15.4. The maximum Gasteiger partial charge on any atom is 0.333 e. The summed E-state index contributed by atoms with van der Waals surface area (Å²) in [7, 11) is 0. The number of hydrogen-bond donors (Lipinski definition) is 2. The summed E-state index contributed by atoms with van der Waals surface area (Å²) in [5.41, 5.74) is 0.693. The SMILES string of the molecule is C=C(C)C(=O)OCCCNC(=O)CCCCC(=O)NCCCOC(=O)C(=C)C. The molecule has 0 aliphatic heterocycles. The zero-order valence-electron chi connectivity index (χ0n) is 16.9.